The molecule has 0 saturated heterocycles. The summed E-state index contributed by atoms with van der Waals surface area (Å²) in [7, 11) is 3.19. The molecule has 0 atom stereocenters. The summed E-state index contributed by atoms with van der Waals surface area (Å²) in [5, 5.41) is 10.9. The van der Waals surface area contributed by atoms with Crippen LogP contribution in [0, 0.1) is 6.92 Å². The van der Waals surface area contributed by atoms with Gasteiger partial charge in [-0.15, -0.1) is 0 Å². The Morgan fingerprint density at radius 3 is 2.10 bits per heavy atom. The van der Waals surface area contributed by atoms with Gasteiger partial charge >= 0.3 is 5.97 Å². The Balaban J connectivity index is 2.90. The highest BCUT2D eigenvalue weighted by molar-refractivity contribution is 6.00. The van der Waals surface area contributed by atoms with Gasteiger partial charge in [-0.05, 0) is 19.9 Å². The molecule has 0 aliphatic rings. The molecule has 110 valence electrons. The van der Waals surface area contributed by atoms with Crippen molar-refractivity contribution in [3.8, 4) is 11.5 Å². The molecule has 0 bridgehead atoms. The van der Waals surface area contributed by atoms with Crippen molar-refractivity contribution < 1.29 is 19.4 Å². The average molecular weight is 286 g/mol. The van der Waals surface area contributed by atoms with Gasteiger partial charge in [0.2, 0.25) is 0 Å². The normalized spacial score (nSPS) is 11.5. The molecule has 0 aliphatic carbocycles. The van der Waals surface area contributed by atoms with Crippen molar-refractivity contribution in [2.45, 2.75) is 13.8 Å². The van der Waals surface area contributed by atoms with Crippen molar-refractivity contribution >= 4 is 22.8 Å². The third kappa shape index (κ3) is 2.57. The molecule has 21 heavy (non-hydrogen) atoms. The molecule has 0 heterocycles. The molecule has 1 N–H and O–H groups in total. The van der Waals surface area contributed by atoms with Crippen LogP contribution in [0.4, 0.5) is 0 Å². The summed E-state index contributed by atoms with van der Waals surface area (Å²) >= 11 is 0. The second-order valence-electron chi connectivity index (χ2n) is 4.78. The molecular weight excluding hydrogens is 268 g/mol. The number of benzene rings is 2. The maximum absolute atomic E-state index is 11.1. The summed E-state index contributed by atoms with van der Waals surface area (Å²) in [6.45, 7) is 3.46. The minimum Gasteiger partial charge on any atom is -0.496 e. The first-order valence-electron chi connectivity index (χ1n) is 6.56. The van der Waals surface area contributed by atoms with E-state index in [2.05, 4.69) is 0 Å². The van der Waals surface area contributed by atoms with Crippen molar-refractivity contribution in [3.05, 3.63) is 41.0 Å². The lowest BCUT2D eigenvalue weighted by Crippen LogP contribution is -2.00. The number of methoxy groups -OCH3 is 2. The van der Waals surface area contributed by atoms with Gasteiger partial charge in [0.15, 0.2) is 0 Å². The van der Waals surface area contributed by atoms with Gasteiger partial charge in [0.1, 0.15) is 11.5 Å². The van der Waals surface area contributed by atoms with Gasteiger partial charge in [0.05, 0.1) is 14.2 Å². The SMILES string of the molecule is COc1c(C)c(/C=C(\C)C(=O)O)c(OC)c2ccccc12. The zero-order valence-corrected chi connectivity index (χ0v) is 12.6. The van der Waals surface area contributed by atoms with E-state index in [1.807, 2.05) is 31.2 Å². The minimum atomic E-state index is -0.955. The molecule has 4 heteroatoms. The highest BCUT2D eigenvalue weighted by Crippen LogP contribution is 2.41. The second kappa shape index (κ2) is 5.87. The van der Waals surface area contributed by atoms with Crippen molar-refractivity contribution in [2.24, 2.45) is 0 Å². The monoisotopic (exact) mass is 286 g/mol. The fraction of sp³-hybridized carbons (Fsp3) is 0.235. The maximum Gasteiger partial charge on any atom is 0.331 e. The van der Waals surface area contributed by atoms with Crippen LogP contribution in [0.5, 0.6) is 11.5 Å². The molecule has 0 fully saturated rings. The summed E-state index contributed by atoms with van der Waals surface area (Å²) in [5.41, 5.74) is 1.83. The molecule has 0 spiro atoms. The van der Waals surface area contributed by atoms with Crippen LogP contribution in [0.3, 0.4) is 0 Å². The van der Waals surface area contributed by atoms with Gasteiger partial charge in [-0.2, -0.15) is 0 Å². The molecule has 0 radical (unpaired) electrons. The van der Waals surface area contributed by atoms with Crippen molar-refractivity contribution in [2.75, 3.05) is 14.2 Å². The number of fused-ring (bicyclic) bond motifs is 1. The summed E-state index contributed by atoms with van der Waals surface area (Å²) in [4.78, 5) is 11.1. The van der Waals surface area contributed by atoms with Crippen LogP contribution in [0.2, 0.25) is 0 Å². The number of carbonyl (C=O) groups is 1. The summed E-state index contributed by atoms with van der Waals surface area (Å²) in [5.74, 6) is 0.434. The first kappa shape index (κ1) is 14.9. The Labute approximate surface area is 123 Å². The van der Waals surface area contributed by atoms with Crippen LogP contribution < -0.4 is 9.47 Å². The van der Waals surface area contributed by atoms with Crippen LogP contribution >= 0.6 is 0 Å². The smallest absolute Gasteiger partial charge is 0.331 e. The van der Waals surface area contributed by atoms with E-state index < -0.39 is 5.97 Å². The summed E-state index contributed by atoms with van der Waals surface area (Å²) in [6.07, 6.45) is 1.62. The highest BCUT2D eigenvalue weighted by Gasteiger charge is 2.17. The standard InChI is InChI=1S/C17H18O4/c1-10(17(18)19)9-14-11(2)15(20-3)12-7-5-6-8-13(12)16(14)21-4/h5-9H,1-4H3,(H,18,19)/b10-9+. The Morgan fingerprint density at radius 2 is 1.62 bits per heavy atom. The van der Waals surface area contributed by atoms with Crippen LogP contribution in [0.15, 0.2) is 29.8 Å². The van der Waals surface area contributed by atoms with Gasteiger partial charge in [0.25, 0.3) is 0 Å². The van der Waals surface area contributed by atoms with Crippen LogP contribution in [0.25, 0.3) is 16.8 Å². The molecule has 2 aromatic rings. The Morgan fingerprint density at radius 1 is 1.10 bits per heavy atom. The Hall–Kier alpha value is -2.49. The van der Waals surface area contributed by atoms with E-state index >= 15 is 0 Å². The van der Waals surface area contributed by atoms with E-state index in [9.17, 15) is 4.79 Å². The number of hydrogen-bond donors (Lipinski definition) is 1. The van der Waals surface area contributed by atoms with Gasteiger partial charge in [-0.25, -0.2) is 4.79 Å². The topological polar surface area (TPSA) is 55.8 Å². The lowest BCUT2D eigenvalue weighted by molar-refractivity contribution is -0.132. The van der Waals surface area contributed by atoms with Gasteiger partial charge < -0.3 is 14.6 Å². The van der Waals surface area contributed by atoms with Crippen LogP contribution in [0.1, 0.15) is 18.1 Å². The number of carboxylic acids is 1. The number of ether oxygens (including phenoxy) is 2. The van der Waals surface area contributed by atoms with Gasteiger partial charge in [-0.3, -0.25) is 0 Å². The summed E-state index contributed by atoms with van der Waals surface area (Å²) in [6, 6.07) is 7.74. The van der Waals surface area contributed by atoms with Crippen molar-refractivity contribution in [1.29, 1.82) is 0 Å². The van der Waals surface area contributed by atoms with Crippen molar-refractivity contribution in [1.82, 2.24) is 0 Å². The first-order valence-corrected chi connectivity index (χ1v) is 6.56. The predicted molar refractivity (Wildman–Crippen MR) is 83.1 cm³/mol. The minimum absolute atomic E-state index is 0.244. The molecule has 2 aromatic carbocycles. The summed E-state index contributed by atoms with van der Waals surface area (Å²) < 4.78 is 11.0. The van der Waals surface area contributed by atoms with E-state index in [1.165, 1.54) is 0 Å². The number of rotatable bonds is 4. The largest absolute Gasteiger partial charge is 0.496 e. The van der Waals surface area contributed by atoms with Crippen molar-refractivity contribution in [3.63, 3.8) is 0 Å². The van der Waals surface area contributed by atoms with Crippen LogP contribution in [-0.2, 0) is 4.79 Å². The zero-order chi connectivity index (χ0) is 15.6. The van der Waals surface area contributed by atoms with E-state index in [1.54, 1.807) is 27.2 Å². The molecule has 4 nitrogen and oxygen atoms in total. The fourth-order valence-electron chi connectivity index (χ4n) is 2.45. The van der Waals surface area contributed by atoms with Crippen LogP contribution in [-0.4, -0.2) is 25.3 Å². The number of carboxylic acid groups (broad SMARTS) is 1. The number of aliphatic carboxylic acids is 1. The Bertz CT molecular complexity index is 729. The Kier molecular flexibility index (Phi) is 4.17. The van der Waals surface area contributed by atoms with E-state index in [4.69, 9.17) is 14.6 Å². The highest BCUT2D eigenvalue weighted by atomic mass is 16.5. The molecule has 0 saturated carbocycles. The van der Waals surface area contributed by atoms with E-state index in [0.29, 0.717) is 5.75 Å². The van der Waals surface area contributed by atoms with E-state index in [-0.39, 0.29) is 5.57 Å². The maximum atomic E-state index is 11.1. The van der Waals surface area contributed by atoms with E-state index in [0.717, 1.165) is 27.6 Å². The van der Waals surface area contributed by atoms with Gasteiger partial charge in [-0.1, -0.05) is 24.3 Å². The second-order valence-corrected chi connectivity index (χ2v) is 4.78. The third-order valence-corrected chi connectivity index (χ3v) is 3.51. The third-order valence-electron chi connectivity index (χ3n) is 3.51. The number of hydrogen-bond acceptors (Lipinski definition) is 3. The predicted octanol–water partition coefficient (Wildman–Crippen LogP) is 3.65. The lowest BCUT2D eigenvalue weighted by atomic mass is 9.97. The molecule has 0 amide bonds. The zero-order valence-electron chi connectivity index (χ0n) is 12.6. The molecule has 0 aliphatic heterocycles. The first-order chi connectivity index (χ1) is 10.0. The molecule has 0 unspecified atom stereocenters. The average Bonchev–Trinajstić information content (AvgIpc) is 2.48. The fourth-order valence-corrected chi connectivity index (χ4v) is 2.45. The lowest BCUT2D eigenvalue weighted by Gasteiger charge is -2.17. The quantitative estimate of drug-likeness (QED) is 0.872. The molecule has 0 aromatic heterocycles. The molecule has 2 rings (SSSR count). The van der Waals surface area contributed by atoms with Gasteiger partial charge in [0, 0.05) is 27.5 Å². The molecular formula is C17H18O4.